The summed E-state index contributed by atoms with van der Waals surface area (Å²) in [6.07, 6.45) is 0.353. The maximum absolute atomic E-state index is 13.2. The van der Waals surface area contributed by atoms with Crippen LogP contribution in [0.5, 0.6) is 5.75 Å². The first-order valence-electron chi connectivity index (χ1n) is 6.21. The van der Waals surface area contributed by atoms with Gasteiger partial charge in [-0.1, -0.05) is 29.3 Å². The molecule has 0 saturated carbocycles. The molecule has 1 heterocycles. The fourth-order valence-corrected chi connectivity index (χ4v) is 2.76. The number of fused-ring (bicyclic) bond motifs is 1. The van der Waals surface area contributed by atoms with Crippen LogP contribution in [0.1, 0.15) is 29.7 Å². The molecule has 20 heavy (non-hydrogen) atoms. The van der Waals surface area contributed by atoms with E-state index in [1.54, 1.807) is 24.3 Å². The van der Waals surface area contributed by atoms with Gasteiger partial charge >= 0.3 is 0 Å². The number of nitrogens with two attached hydrogens (primary N) is 1. The summed E-state index contributed by atoms with van der Waals surface area (Å²) in [6, 6.07) is 9.78. The third-order valence-corrected chi connectivity index (χ3v) is 3.95. The summed E-state index contributed by atoms with van der Waals surface area (Å²) in [4.78, 5) is 0. The molecular formula is C15H12Cl2FNO. The van der Waals surface area contributed by atoms with E-state index in [1.165, 1.54) is 6.07 Å². The average molecular weight is 312 g/mol. The second-order valence-electron chi connectivity index (χ2n) is 4.80. The fraction of sp³-hybridized carbons (Fsp3) is 0.200. The molecule has 3 rings (SSSR count). The molecule has 2 aromatic carbocycles. The Balaban J connectivity index is 1.94. The second kappa shape index (κ2) is 5.24. The highest BCUT2D eigenvalue weighted by molar-refractivity contribution is 6.31. The minimum Gasteiger partial charge on any atom is -0.485 e. The smallest absolute Gasteiger partial charge is 0.141 e. The Kier molecular flexibility index (Phi) is 3.59. The van der Waals surface area contributed by atoms with Crippen molar-refractivity contribution in [1.82, 2.24) is 0 Å². The van der Waals surface area contributed by atoms with Gasteiger partial charge in [-0.2, -0.15) is 0 Å². The Bertz CT molecular complexity index is 662. The minimum absolute atomic E-state index is 0.0848. The van der Waals surface area contributed by atoms with Crippen LogP contribution in [0.3, 0.4) is 0 Å². The third kappa shape index (κ3) is 2.49. The van der Waals surface area contributed by atoms with Crippen molar-refractivity contribution in [3.05, 3.63) is 63.4 Å². The monoisotopic (exact) mass is 311 g/mol. The summed E-state index contributed by atoms with van der Waals surface area (Å²) in [6.45, 7) is 0. The predicted octanol–water partition coefficient (Wildman–Crippen LogP) is 4.66. The van der Waals surface area contributed by atoms with Gasteiger partial charge in [0.2, 0.25) is 0 Å². The zero-order chi connectivity index (χ0) is 14.3. The summed E-state index contributed by atoms with van der Waals surface area (Å²) in [5.41, 5.74) is 7.87. The first-order valence-corrected chi connectivity index (χ1v) is 6.97. The molecule has 0 aliphatic carbocycles. The van der Waals surface area contributed by atoms with E-state index in [0.717, 1.165) is 11.1 Å². The van der Waals surface area contributed by atoms with Crippen LogP contribution in [0, 0.1) is 5.82 Å². The zero-order valence-electron chi connectivity index (χ0n) is 10.4. The third-order valence-electron chi connectivity index (χ3n) is 3.42. The van der Waals surface area contributed by atoms with E-state index in [0.29, 0.717) is 17.2 Å². The topological polar surface area (TPSA) is 35.2 Å². The Hall–Kier alpha value is -1.29. The summed E-state index contributed by atoms with van der Waals surface area (Å²) in [7, 11) is 0. The van der Waals surface area contributed by atoms with E-state index in [4.69, 9.17) is 33.7 Å². The van der Waals surface area contributed by atoms with E-state index in [1.807, 2.05) is 6.07 Å². The van der Waals surface area contributed by atoms with Gasteiger partial charge in [-0.05, 0) is 35.9 Å². The van der Waals surface area contributed by atoms with Gasteiger partial charge < -0.3 is 10.5 Å². The zero-order valence-corrected chi connectivity index (χ0v) is 12.0. The number of hydrogen-bond acceptors (Lipinski definition) is 2. The van der Waals surface area contributed by atoms with Crippen molar-refractivity contribution in [2.24, 2.45) is 5.73 Å². The molecule has 1 aliphatic heterocycles. The highest BCUT2D eigenvalue weighted by Crippen LogP contribution is 2.41. The van der Waals surface area contributed by atoms with Crippen LogP contribution >= 0.6 is 23.2 Å². The standard InChI is InChI=1S/C15H12Cl2FNO/c16-9-2-4-14-10(6-9)13(19)7-15(20-14)8-1-3-12(18)11(17)5-8/h1-6,13,15H,7,19H2/t13-,15?/m1/s1. The lowest BCUT2D eigenvalue weighted by Gasteiger charge is -2.30. The van der Waals surface area contributed by atoms with Crippen molar-refractivity contribution in [2.45, 2.75) is 18.6 Å². The Morgan fingerprint density at radius 2 is 1.95 bits per heavy atom. The first kappa shape index (κ1) is 13.7. The molecule has 1 unspecified atom stereocenters. The van der Waals surface area contributed by atoms with Gasteiger partial charge in [-0.3, -0.25) is 0 Å². The van der Waals surface area contributed by atoms with Crippen molar-refractivity contribution >= 4 is 23.2 Å². The van der Waals surface area contributed by atoms with Gasteiger partial charge in [0.1, 0.15) is 17.7 Å². The van der Waals surface area contributed by atoms with Crippen molar-refractivity contribution in [3.8, 4) is 5.75 Å². The van der Waals surface area contributed by atoms with Crippen molar-refractivity contribution in [1.29, 1.82) is 0 Å². The number of benzene rings is 2. The fourth-order valence-electron chi connectivity index (χ4n) is 2.39. The van der Waals surface area contributed by atoms with E-state index in [9.17, 15) is 4.39 Å². The van der Waals surface area contributed by atoms with Crippen molar-refractivity contribution < 1.29 is 9.13 Å². The molecule has 1 aliphatic rings. The molecule has 2 aromatic rings. The Labute approximate surface area is 126 Å². The maximum Gasteiger partial charge on any atom is 0.141 e. The number of hydrogen-bond donors (Lipinski definition) is 1. The van der Waals surface area contributed by atoms with Crippen molar-refractivity contribution in [3.63, 3.8) is 0 Å². The van der Waals surface area contributed by atoms with Gasteiger partial charge in [0.25, 0.3) is 0 Å². The largest absolute Gasteiger partial charge is 0.485 e. The van der Waals surface area contributed by atoms with Crippen LogP contribution in [0.25, 0.3) is 0 Å². The van der Waals surface area contributed by atoms with E-state index in [-0.39, 0.29) is 17.2 Å². The van der Waals surface area contributed by atoms with Gasteiger partial charge in [0, 0.05) is 23.0 Å². The van der Waals surface area contributed by atoms with Crippen LogP contribution < -0.4 is 10.5 Å². The van der Waals surface area contributed by atoms with Crippen LogP contribution in [0.2, 0.25) is 10.0 Å². The molecule has 0 aromatic heterocycles. The molecule has 2 N–H and O–H groups in total. The molecule has 0 saturated heterocycles. The van der Waals surface area contributed by atoms with Crippen molar-refractivity contribution in [2.75, 3.05) is 0 Å². The van der Waals surface area contributed by atoms with Gasteiger partial charge in [0.15, 0.2) is 0 Å². The van der Waals surface area contributed by atoms with Crippen LogP contribution in [0.15, 0.2) is 36.4 Å². The van der Waals surface area contributed by atoms with E-state index < -0.39 is 5.82 Å². The number of halogens is 3. The van der Waals surface area contributed by atoms with E-state index in [2.05, 4.69) is 0 Å². The molecule has 2 atom stereocenters. The molecule has 0 radical (unpaired) electrons. The van der Waals surface area contributed by atoms with Gasteiger partial charge in [-0.25, -0.2) is 4.39 Å². The minimum atomic E-state index is -0.442. The lowest BCUT2D eigenvalue weighted by Crippen LogP contribution is -2.24. The summed E-state index contributed by atoms with van der Waals surface area (Å²) in [5, 5.41) is 0.715. The molecule has 0 fully saturated rings. The molecule has 2 nitrogen and oxygen atoms in total. The number of rotatable bonds is 1. The lowest BCUT2D eigenvalue weighted by atomic mass is 9.93. The summed E-state index contributed by atoms with van der Waals surface area (Å²) >= 11 is 11.8. The van der Waals surface area contributed by atoms with Crippen LogP contribution in [0.4, 0.5) is 4.39 Å². The summed E-state index contributed by atoms with van der Waals surface area (Å²) < 4.78 is 19.1. The predicted molar refractivity (Wildman–Crippen MR) is 77.8 cm³/mol. The Morgan fingerprint density at radius 1 is 1.15 bits per heavy atom. The highest BCUT2D eigenvalue weighted by atomic mass is 35.5. The molecule has 0 amide bonds. The normalized spacial score (nSPS) is 21.2. The van der Waals surface area contributed by atoms with E-state index >= 15 is 0 Å². The van der Waals surface area contributed by atoms with Gasteiger partial charge in [0.05, 0.1) is 5.02 Å². The molecule has 0 bridgehead atoms. The lowest BCUT2D eigenvalue weighted by molar-refractivity contribution is 0.161. The first-order chi connectivity index (χ1) is 9.54. The molecular weight excluding hydrogens is 300 g/mol. The maximum atomic E-state index is 13.2. The molecule has 5 heteroatoms. The SMILES string of the molecule is N[C@@H]1CC(c2ccc(F)c(Cl)c2)Oc2ccc(Cl)cc21. The average Bonchev–Trinajstić information content (AvgIpc) is 2.42. The number of ether oxygens (including phenoxy) is 1. The quantitative estimate of drug-likeness (QED) is 0.831. The second-order valence-corrected chi connectivity index (χ2v) is 5.65. The molecule has 0 spiro atoms. The molecule has 104 valence electrons. The highest BCUT2D eigenvalue weighted by Gasteiger charge is 2.27. The summed E-state index contributed by atoms with van der Waals surface area (Å²) in [5.74, 6) is 0.265. The van der Waals surface area contributed by atoms with Crippen LogP contribution in [-0.4, -0.2) is 0 Å². The van der Waals surface area contributed by atoms with Gasteiger partial charge in [-0.15, -0.1) is 0 Å². The van der Waals surface area contributed by atoms with Crippen LogP contribution in [-0.2, 0) is 0 Å². The Morgan fingerprint density at radius 3 is 2.70 bits per heavy atom.